The van der Waals surface area contributed by atoms with Crippen LogP contribution in [-0.2, 0) is 14.0 Å². The molecule has 0 aromatic heterocycles. The standard InChI is InChI=1S/C11H21F3O3Si/c1-9(8-18(3,4)16-2)10(15)17-7-5-6-11(12,13)14/h9H,5-8H2,1-4H3. The van der Waals surface area contributed by atoms with Crippen LogP contribution in [0.1, 0.15) is 19.8 Å². The van der Waals surface area contributed by atoms with Crippen LogP contribution in [0.2, 0.25) is 19.1 Å². The Balaban J connectivity index is 3.89. The van der Waals surface area contributed by atoms with Gasteiger partial charge in [0.15, 0.2) is 8.32 Å². The molecule has 0 aliphatic heterocycles. The smallest absolute Gasteiger partial charge is 0.389 e. The summed E-state index contributed by atoms with van der Waals surface area (Å²) < 4.78 is 45.7. The van der Waals surface area contributed by atoms with Gasteiger partial charge in [-0.2, -0.15) is 13.2 Å². The fourth-order valence-corrected chi connectivity index (χ4v) is 3.30. The summed E-state index contributed by atoms with van der Waals surface area (Å²) in [4.78, 5) is 11.5. The van der Waals surface area contributed by atoms with Gasteiger partial charge in [-0.05, 0) is 25.6 Å². The Morgan fingerprint density at radius 3 is 2.33 bits per heavy atom. The number of carbonyl (C=O) groups excluding carboxylic acids is 1. The Bertz CT molecular complexity index is 267. The summed E-state index contributed by atoms with van der Waals surface area (Å²) in [5, 5.41) is 0. The van der Waals surface area contributed by atoms with E-state index in [1.807, 2.05) is 13.1 Å². The van der Waals surface area contributed by atoms with E-state index in [1.54, 1.807) is 14.0 Å². The van der Waals surface area contributed by atoms with Gasteiger partial charge in [-0.3, -0.25) is 4.79 Å². The van der Waals surface area contributed by atoms with Gasteiger partial charge in [0.25, 0.3) is 0 Å². The molecule has 108 valence electrons. The average Bonchev–Trinajstić information content (AvgIpc) is 2.22. The Labute approximate surface area is 107 Å². The Morgan fingerprint density at radius 2 is 1.89 bits per heavy atom. The van der Waals surface area contributed by atoms with E-state index in [0.717, 1.165) is 0 Å². The van der Waals surface area contributed by atoms with Crippen molar-refractivity contribution >= 4 is 14.3 Å². The number of esters is 1. The molecule has 0 aliphatic rings. The molecule has 1 atom stereocenters. The molecule has 18 heavy (non-hydrogen) atoms. The Hall–Kier alpha value is -0.563. The van der Waals surface area contributed by atoms with Gasteiger partial charge in [-0.25, -0.2) is 0 Å². The van der Waals surface area contributed by atoms with E-state index < -0.39 is 26.9 Å². The van der Waals surface area contributed by atoms with Crippen molar-refractivity contribution < 1.29 is 27.1 Å². The molecule has 0 fully saturated rings. The zero-order valence-electron chi connectivity index (χ0n) is 11.3. The van der Waals surface area contributed by atoms with Crippen LogP contribution in [0.25, 0.3) is 0 Å². The summed E-state index contributed by atoms with van der Waals surface area (Å²) >= 11 is 0. The first-order chi connectivity index (χ1) is 8.07. The number of ether oxygens (including phenoxy) is 1. The van der Waals surface area contributed by atoms with Crippen molar-refractivity contribution in [2.45, 2.75) is 45.1 Å². The van der Waals surface area contributed by atoms with Crippen molar-refractivity contribution in [3.8, 4) is 0 Å². The van der Waals surface area contributed by atoms with E-state index in [0.29, 0.717) is 6.04 Å². The second kappa shape index (κ2) is 7.13. The van der Waals surface area contributed by atoms with Gasteiger partial charge >= 0.3 is 12.1 Å². The van der Waals surface area contributed by atoms with Gasteiger partial charge in [0, 0.05) is 13.5 Å². The molecule has 1 unspecified atom stereocenters. The van der Waals surface area contributed by atoms with Gasteiger partial charge in [0.1, 0.15) is 0 Å². The molecule has 0 amide bonds. The molecule has 3 nitrogen and oxygen atoms in total. The van der Waals surface area contributed by atoms with Gasteiger partial charge in [-0.1, -0.05) is 6.92 Å². The predicted molar refractivity (Wildman–Crippen MR) is 64.7 cm³/mol. The largest absolute Gasteiger partial charge is 0.465 e. The molecule has 7 heteroatoms. The second-order valence-electron chi connectivity index (χ2n) is 4.96. The number of hydrogen-bond donors (Lipinski definition) is 0. The minimum atomic E-state index is -4.19. The highest BCUT2D eigenvalue weighted by molar-refractivity contribution is 6.71. The van der Waals surface area contributed by atoms with Crippen molar-refractivity contribution in [2.75, 3.05) is 13.7 Å². The summed E-state index contributed by atoms with van der Waals surface area (Å²) in [6.07, 6.45) is -5.30. The maximum atomic E-state index is 11.9. The van der Waals surface area contributed by atoms with Crippen molar-refractivity contribution in [1.29, 1.82) is 0 Å². The number of hydrogen-bond acceptors (Lipinski definition) is 3. The lowest BCUT2D eigenvalue weighted by Gasteiger charge is -2.23. The molecule has 0 rings (SSSR count). The summed E-state index contributed by atoms with van der Waals surface area (Å²) in [6, 6.07) is 0.599. The number of alkyl halides is 3. The van der Waals surface area contributed by atoms with Crippen LogP contribution in [0, 0.1) is 5.92 Å². The third-order valence-electron chi connectivity index (χ3n) is 2.60. The summed E-state index contributed by atoms with van der Waals surface area (Å²) in [5.74, 6) is -0.785. The number of carbonyl (C=O) groups is 1. The van der Waals surface area contributed by atoms with Crippen molar-refractivity contribution in [3.63, 3.8) is 0 Å². The van der Waals surface area contributed by atoms with Crippen LogP contribution in [0.15, 0.2) is 0 Å². The third kappa shape index (κ3) is 8.52. The molecular formula is C11H21F3O3Si. The summed E-state index contributed by atoms with van der Waals surface area (Å²) in [6.45, 7) is 5.47. The Morgan fingerprint density at radius 1 is 1.33 bits per heavy atom. The molecule has 0 saturated heterocycles. The fourth-order valence-electron chi connectivity index (χ4n) is 1.49. The maximum absolute atomic E-state index is 11.9. The first kappa shape index (κ1) is 17.4. The lowest BCUT2D eigenvalue weighted by atomic mass is 10.2. The van der Waals surface area contributed by atoms with Gasteiger partial charge < -0.3 is 9.16 Å². The van der Waals surface area contributed by atoms with Crippen LogP contribution in [0.3, 0.4) is 0 Å². The fraction of sp³-hybridized carbons (Fsp3) is 0.909. The molecule has 0 bridgehead atoms. The maximum Gasteiger partial charge on any atom is 0.389 e. The van der Waals surface area contributed by atoms with E-state index >= 15 is 0 Å². The number of rotatable bonds is 7. The normalized spacial score (nSPS) is 14.4. The van der Waals surface area contributed by atoms with Gasteiger partial charge in [0.2, 0.25) is 0 Å². The topological polar surface area (TPSA) is 35.5 Å². The minimum Gasteiger partial charge on any atom is -0.465 e. The van der Waals surface area contributed by atoms with E-state index in [9.17, 15) is 18.0 Å². The zero-order valence-corrected chi connectivity index (χ0v) is 12.3. The average molecular weight is 286 g/mol. The highest BCUT2D eigenvalue weighted by atomic mass is 28.4. The molecule has 0 N–H and O–H groups in total. The second-order valence-corrected chi connectivity index (χ2v) is 9.29. The quantitative estimate of drug-likeness (QED) is 0.409. The molecule has 0 spiro atoms. The molecule has 0 saturated carbocycles. The molecular weight excluding hydrogens is 265 g/mol. The molecule has 0 aromatic carbocycles. The lowest BCUT2D eigenvalue weighted by molar-refractivity contribution is -0.153. The first-order valence-corrected chi connectivity index (χ1v) is 8.97. The predicted octanol–water partition coefficient (Wildman–Crippen LogP) is 3.36. The lowest BCUT2D eigenvalue weighted by Crippen LogP contribution is -2.33. The van der Waals surface area contributed by atoms with Crippen LogP contribution in [0.5, 0.6) is 0 Å². The Kier molecular flexibility index (Phi) is 6.91. The van der Waals surface area contributed by atoms with Crippen molar-refractivity contribution in [3.05, 3.63) is 0 Å². The van der Waals surface area contributed by atoms with Crippen LogP contribution >= 0.6 is 0 Å². The van der Waals surface area contributed by atoms with E-state index in [2.05, 4.69) is 0 Å². The molecule has 0 aliphatic carbocycles. The van der Waals surface area contributed by atoms with Gasteiger partial charge in [0.05, 0.1) is 12.5 Å². The highest BCUT2D eigenvalue weighted by Crippen LogP contribution is 2.22. The number of halogens is 3. The van der Waals surface area contributed by atoms with Crippen LogP contribution in [-0.4, -0.2) is 34.2 Å². The third-order valence-corrected chi connectivity index (χ3v) is 5.30. The first-order valence-electron chi connectivity index (χ1n) is 5.86. The van der Waals surface area contributed by atoms with E-state index in [-0.39, 0.29) is 18.9 Å². The highest BCUT2D eigenvalue weighted by Gasteiger charge is 2.29. The SMILES string of the molecule is CO[Si](C)(C)CC(C)C(=O)OCCCC(F)(F)F. The van der Waals surface area contributed by atoms with Crippen LogP contribution in [0.4, 0.5) is 13.2 Å². The van der Waals surface area contributed by atoms with Crippen LogP contribution < -0.4 is 0 Å². The van der Waals surface area contributed by atoms with Gasteiger partial charge in [-0.15, -0.1) is 0 Å². The summed E-state index contributed by atoms with van der Waals surface area (Å²) in [5.41, 5.74) is 0. The molecule has 0 radical (unpaired) electrons. The van der Waals surface area contributed by atoms with E-state index in [1.165, 1.54) is 0 Å². The monoisotopic (exact) mass is 286 g/mol. The van der Waals surface area contributed by atoms with E-state index in [4.69, 9.17) is 9.16 Å². The molecule has 0 heterocycles. The van der Waals surface area contributed by atoms with Crippen molar-refractivity contribution in [2.24, 2.45) is 5.92 Å². The van der Waals surface area contributed by atoms with Crippen molar-refractivity contribution in [1.82, 2.24) is 0 Å². The molecule has 0 aromatic rings. The minimum absolute atomic E-state index is 0.183. The summed E-state index contributed by atoms with van der Waals surface area (Å²) in [7, 11) is -0.257. The zero-order chi connectivity index (χ0) is 14.4.